The Morgan fingerprint density at radius 3 is 2.63 bits per heavy atom. The molecule has 0 aliphatic carbocycles. The van der Waals surface area contributed by atoms with Crippen LogP contribution >= 0.6 is 11.6 Å². The Kier molecular flexibility index (Phi) is 5.17. The summed E-state index contributed by atoms with van der Waals surface area (Å²) in [5.74, 6) is 0.387. The number of pyridine rings is 1. The number of alkyl halides is 3. The third kappa shape index (κ3) is 4.38. The fraction of sp³-hybridized carbons (Fsp3) is 0.500. The minimum absolute atomic E-state index is 0.109. The first-order valence-corrected chi connectivity index (χ1v) is 6.16. The zero-order valence-electron chi connectivity index (χ0n) is 10.8. The number of hydrogen-bond acceptors (Lipinski definition) is 3. The molecular formula is C12H15ClF3N3. The van der Waals surface area contributed by atoms with Gasteiger partial charge in [0.05, 0.1) is 10.6 Å². The van der Waals surface area contributed by atoms with E-state index in [4.69, 9.17) is 11.6 Å². The number of hydrogen-bond donors (Lipinski definition) is 1. The SMILES string of the molecule is CC[C@@H](C)/C(C)=N\Nc1ncc(C(F)(F)F)cc1Cl. The summed E-state index contributed by atoms with van der Waals surface area (Å²) >= 11 is 5.74. The molecule has 0 saturated heterocycles. The van der Waals surface area contributed by atoms with Crippen molar-refractivity contribution in [3.05, 3.63) is 22.8 Å². The van der Waals surface area contributed by atoms with Gasteiger partial charge >= 0.3 is 6.18 Å². The highest BCUT2D eigenvalue weighted by atomic mass is 35.5. The zero-order chi connectivity index (χ0) is 14.6. The van der Waals surface area contributed by atoms with Gasteiger partial charge in [-0.05, 0) is 25.3 Å². The number of aromatic nitrogens is 1. The maximum absolute atomic E-state index is 12.4. The Balaban J connectivity index is 2.87. The van der Waals surface area contributed by atoms with Gasteiger partial charge in [0.15, 0.2) is 5.82 Å². The number of rotatable bonds is 4. The van der Waals surface area contributed by atoms with E-state index in [2.05, 4.69) is 15.5 Å². The number of hydrazone groups is 1. The van der Waals surface area contributed by atoms with E-state index in [1.807, 2.05) is 20.8 Å². The van der Waals surface area contributed by atoms with Crippen LogP contribution in [0.1, 0.15) is 32.8 Å². The van der Waals surface area contributed by atoms with Gasteiger partial charge in [-0.15, -0.1) is 0 Å². The summed E-state index contributed by atoms with van der Waals surface area (Å²) in [6, 6.07) is 0.824. The number of anilines is 1. The van der Waals surface area contributed by atoms with Crippen molar-refractivity contribution in [1.82, 2.24) is 4.98 Å². The molecule has 0 aliphatic rings. The van der Waals surface area contributed by atoms with Crippen LogP contribution in [0.5, 0.6) is 0 Å². The van der Waals surface area contributed by atoms with E-state index >= 15 is 0 Å². The highest BCUT2D eigenvalue weighted by molar-refractivity contribution is 6.32. The minimum atomic E-state index is -4.45. The molecule has 0 aromatic carbocycles. The summed E-state index contributed by atoms with van der Waals surface area (Å²) < 4.78 is 37.3. The first kappa shape index (κ1) is 15.8. The van der Waals surface area contributed by atoms with Crippen molar-refractivity contribution in [2.75, 3.05) is 5.43 Å². The van der Waals surface area contributed by atoms with Crippen LogP contribution in [0.4, 0.5) is 19.0 Å². The van der Waals surface area contributed by atoms with E-state index in [1.54, 1.807) is 0 Å². The predicted molar refractivity (Wildman–Crippen MR) is 70.4 cm³/mol. The molecular weight excluding hydrogens is 279 g/mol. The van der Waals surface area contributed by atoms with Gasteiger partial charge in [0.2, 0.25) is 0 Å². The van der Waals surface area contributed by atoms with Crippen LogP contribution in [0.25, 0.3) is 0 Å². The van der Waals surface area contributed by atoms with Gasteiger partial charge in [-0.2, -0.15) is 18.3 Å². The number of nitrogens with one attached hydrogen (secondary N) is 1. The van der Waals surface area contributed by atoms with Crippen molar-refractivity contribution in [2.24, 2.45) is 11.0 Å². The maximum atomic E-state index is 12.4. The summed E-state index contributed by atoms with van der Waals surface area (Å²) in [5, 5.41) is 3.94. The fourth-order valence-corrected chi connectivity index (χ4v) is 1.43. The second-order valence-electron chi connectivity index (χ2n) is 4.23. The molecule has 106 valence electrons. The quantitative estimate of drug-likeness (QED) is 0.651. The van der Waals surface area contributed by atoms with Crippen LogP contribution in [0.2, 0.25) is 5.02 Å². The molecule has 1 N–H and O–H groups in total. The van der Waals surface area contributed by atoms with Crippen molar-refractivity contribution in [2.45, 2.75) is 33.4 Å². The normalized spacial score (nSPS) is 14.4. The smallest absolute Gasteiger partial charge is 0.260 e. The monoisotopic (exact) mass is 293 g/mol. The van der Waals surface area contributed by atoms with E-state index in [0.717, 1.165) is 24.4 Å². The van der Waals surface area contributed by atoms with Crippen LogP contribution in [0.3, 0.4) is 0 Å². The summed E-state index contributed by atoms with van der Waals surface area (Å²) in [5.41, 5.74) is 2.53. The molecule has 0 fully saturated rings. The average molecular weight is 294 g/mol. The predicted octanol–water partition coefficient (Wildman–Crippen LogP) is 4.59. The molecule has 1 rings (SSSR count). The highest BCUT2D eigenvalue weighted by Gasteiger charge is 2.31. The molecule has 0 bridgehead atoms. The third-order valence-electron chi connectivity index (χ3n) is 2.83. The Bertz CT molecular complexity index is 472. The lowest BCUT2D eigenvalue weighted by molar-refractivity contribution is -0.137. The second kappa shape index (κ2) is 6.23. The van der Waals surface area contributed by atoms with Gasteiger partial charge in [-0.1, -0.05) is 25.4 Å². The van der Waals surface area contributed by atoms with E-state index in [-0.39, 0.29) is 16.8 Å². The van der Waals surface area contributed by atoms with Crippen LogP contribution in [0.15, 0.2) is 17.4 Å². The van der Waals surface area contributed by atoms with E-state index in [1.165, 1.54) is 0 Å². The fourth-order valence-electron chi connectivity index (χ4n) is 1.22. The molecule has 1 aromatic rings. The summed E-state index contributed by atoms with van der Waals surface area (Å²) in [6.45, 7) is 5.86. The molecule has 1 heterocycles. The van der Waals surface area contributed by atoms with Crippen LogP contribution in [0, 0.1) is 5.92 Å². The minimum Gasteiger partial charge on any atom is -0.260 e. The molecule has 19 heavy (non-hydrogen) atoms. The standard InChI is InChI=1S/C12H15ClF3N3/c1-4-7(2)8(3)18-19-11-10(13)5-9(6-17-11)12(14,15)16/h5-7H,4H2,1-3H3,(H,17,19)/b18-8-/t7-/m1/s1. The topological polar surface area (TPSA) is 37.3 Å². The molecule has 0 radical (unpaired) electrons. The van der Waals surface area contributed by atoms with Crippen LogP contribution in [-0.2, 0) is 6.18 Å². The lowest BCUT2D eigenvalue weighted by Gasteiger charge is -2.10. The first-order valence-electron chi connectivity index (χ1n) is 5.78. The summed E-state index contributed by atoms with van der Waals surface area (Å²) in [7, 11) is 0. The van der Waals surface area contributed by atoms with Gasteiger partial charge in [0.1, 0.15) is 0 Å². The van der Waals surface area contributed by atoms with Gasteiger partial charge in [-0.25, -0.2) is 4.98 Å². The molecule has 1 aromatic heterocycles. The molecule has 3 nitrogen and oxygen atoms in total. The maximum Gasteiger partial charge on any atom is 0.417 e. The van der Waals surface area contributed by atoms with Crippen LogP contribution in [-0.4, -0.2) is 10.7 Å². The highest BCUT2D eigenvalue weighted by Crippen LogP contribution is 2.32. The van der Waals surface area contributed by atoms with Crippen molar-refractivity contribution in [3.8, 4) is 0 Å². The van der Waals surface area contributed by atoms with Gasteiger partial charge in [0.25, 0.3) is 0 Å². The zero-order valence-corrected chi connectivity index (χ0v) is 11.6. The Morgan fingerprint density at radius 2 is 2.16 bits per heavy atom. The Hall–Kier alpha value is -1.30. The lowest BCUT2D eigenvalue weighted by atomic mass is 10.1. The van der Waals surface area contributed by atoms with Gasteiger partial charge < -0.3 is 0 Å². The number of halogens is 4. The van der Waals surface area contributed by atoms with Crippen molar-refractivity contribution in [1.29, 1.82) is 0 Å². The van der Waals surface area contributed by atoms with E-state index < -0.39 is 11.7 Å². The van der Waals surface area contributed by atoms with Crippen molar-refractivity contribution in [3.63, 3.8) is 0 Å². The third-order valence-corrected chi connectivity index (χ3v) is 3.12. The molecule has 0 spiro atoms. The summed E-state index contributed by atoms with van der Waals surface area (Å²) in [6.07, 6.45) is -2.81. The molecule has 0 aliphatic heterocycles. The largest absolute Gasteiger partial charge is 0.417 e. The Labute approximate surface area is 114 Å². The first-order chi connectivity index (χ1) is 8.75. The molecule has 1 atom stereocenters. The van der Waals surface area contributed by atoms with Crippen molar-refractivity contribution >= 4 is 23.1 Å². The number of nitrogens with zero attached hydrogens (tertiary/aromatic N) is 2. The average Bonchev–Trinajstić information content (AvgIpc) is 2.34. The van der Waals surface area contributed by atoms with E-state index in [0.29, 0.717) is 0 Å². The van der Waals surface area contributed by atoms with E-state index in [9.17, 15) is 13.2 Å². The molecule has 7 heteroatoms. The summed E-state index contributed by atoms with van der Waals surface area (Å²) in [4.78, 5) is 3.63. The van der Waals surface area contributed by atoms with Gasteiger partial charge in [0, 0.05) is 11.9 Å². The molecule has 0 amide bonds. The molecule has 0 unspecified atom stereocenters. The lowest BCUT2D eigenvalue weighted by Crippen LogP contribution is -2.09. The Morgan fingerprint density at radius 1 is 1.53 bits per heavy atom. The second-order valence-corrected chi connectivity index (χ2v) is 4.63. The van der Waals surface area contributed by atoms with Crippen molar-refractivity contribution < 1.29 is 13.2 Å². The molecule has 0 saturated carbocycles. The van der Waals surface area contributed by atoms with Crippen LogP contribution < -0.4 is 5.43 Å². The van der Waals surface area contributed by atoms with Gasteiger partial charge in [-0.3, -0.25) is 5.43 Å².